The second-order valence-corrected chi connectivity index (χ2v) is 6.26. The molecule has 4 N–H and O–H groups in total. The number of benzene rings is 2. The number of para-hydroxylation sites is 2. The highest BCUT2D eigenvalue weighted by Crippen LogP contribution is 2.47. The number of H-pyrrole nitrogens is 1. The quantitative estimate of drug-likeness (QED) is 0.677. The Morgan fingerprint density at radius 1 is 1.20 bits per heavy atom. The minimum Gasteiger partial charge on any atom is -0.372 e. The highest BCUT2D eigenvalue weighted by molar-refractivity contribution is 6.13. The third-order valence-electron chi connectivity index (χ3n) is 4.71. The van der Waals surface area contributed by atoms with Crippen molar-refractivity contribution in [3.63, 3.8) is 0 Å². The summed E-state index contributed by atoms with van der Waals surface area (Å²) in [5.41, 5.74) is 6.43. The Morgan fingerprint density at radius 2 is 1.88 bits per heavy atom. The lowest BCUT2D eigenvalue weighted by atomic mass is 9.85. The first-order valence-electron chi connectivity index (χ1n) is 7.94. The molecule has 25 heavy (non-hydrogen) atoms. The Morgan fingerprint density at radius 3 is 2.64 bits per heavy atom. The molecule has 6 heteroatoms. The Bertz CT molecular complexity index is 1020. The van der Waals surface area contributed by atoms with Gasteiger partial charge in [-0.2, -0.15) is 0 Å². The van der Waals surface area contributed by atoms with Crippen LogP contribution < -0.4 is 10.6 Å². The Balaban J connectivity index is 2.01. The summed E-state index contributed by atoms with van der Waals surface area (Å²) in [4.78, 5) is 29.1. The average molecular weight is 335 g/mol. The first-order valence-corrected chi connectivity index (χ1v) is 7.94. The van der Waals surface area contributed by atoms with Gasteiger partial charge in [-0.1, -0.05) is 36.4 Å². The van der Waals surface area contributed by atoms with Gasteiger partial charge in [0.15, 0.2) is 5.60 Å². The summed E-state index contributed by atoms with van der Waals surface area (Å²) >= 11 is 0. The van der Waals surface area contributed by atoms with Crippen molar-refractivity contribution in [3.05, 3.63) is 65.4 Å². The summed E-state index contributed by atoms with van der Waals surface area (Å²) in [6.45, 7) is 1.54. The van der Waals surface area contributed by atoms with E-state index in [0.29, 0.717) is 22.5 Å². The second kappa shape index (κ2) is 5.19. The number of rotatable bonds is 3. The SMILES string of the molecule is Cc1[nH]c2ccccc2c1[C@]1(O)C(=O)N(CC(N)=O)c2ccccc21. The Kier molecular flexibility index (Phi) is 3.20. The van der Waals surface area contributed by atoms with Crippen LogP contribution >= 0.6 is 0 Å². The summed E-state index contributed by atoms with van der Waals surface area (Å²) in [5.74, 6) is -1.21. The van der Waals surface area contributed by atoms with Crippen LogP contribution in [0.3, 0.4) is 0 Å². The molecule has 1 atom stereocenters. The van der Waals surface area contributed by atoms with E-state index in [2.05, 4.69) is 4.98 Å². The number of aryl methyl sites for hydroxylation is 1. The Labute approximate surface area is 143 Å². The summed E-state index contributed by atoms with van der Waals surface area (Å²) < 4.78 is 0. The van der Waals surface area contributed by atoms with Crippen LogP contribution in [-0.2, 0) is 15.2 Å². The number of nitrogens with one attached hydrogen (secondary N) is 1. The summed E-state index contributed by atoms with van der Waals surface area (Å²) in [6.07, 6.45) is 0. The van der Waals surface area contributed by atoms with Gasteiger partial charge in [-0.25, -0.2) is 0 Å². The summed E-state index contributed by atoms with van der Waals surface area (Å²) in [7, 11) is 0. The zero-order chi connectivity index (χ0) is 17.8. The van der Waals surface area contributed by atoms with Crippen molar-refractivity contribution in [2.45, 2.75) is 12.5 Å². The molecule has 0 aliphatic carbocycles. The molecular weight excluding hydrogens is 318 g/mol. The van der Waals surface area contributed by atoms with Crippen LogP contribution in [0.1, 0.15) is 16.8 Å². The number of carbonyl (C=O) groups is 2. The van der Waals surface area contributed by atoms with E-state index in [1.54, 1.807) is 24.3 Å². The molecule has 2 aromatic carbocycles. The smallest absolute Gasteiger partial charge is 0.269 e. The van der Waals surface area contributed by atoms with E-state index in [9.17, 15) is 14.7 Å². The molecule has 0 spiro atoms. The number of nitrogens with two attached hydrogens (primary N) is 1. The molecule has 0 radical (unpaired) electrons. The highest BCUT2D eigenvalue weighted by Gasteiger charge is 2.53. The van der Waals surface area contributed by atoms with Gasteiger partial charge in [0.05, 0.1) is 5.69 Å². The van der Waals surface area contributed by atoms with Crippen LogP contribution in [0.25, 0.3) is 10.9 Å². The van der Waals surface area contributed by atoms with Gasteiger partial charge in [-0.05, 0) is 19.1 Å². The van der Waals surface area contributed by atoms with E-state index in [4.69, 9.17) is 5.73 Å². The molecule has 0 saturated carbocycles. The van der Waals surface area contributed by atoms with Gasteiger partial charge in [0.1, 0.15) is 6.54 Å². The maximum absolute atomic E-state index is 13.2. The number of primary amides is 1. The third-order valence-corrected chi connectivity index (χ3v) is 4.71. The van der Waals surface area contributed by atoms with E-state index >= 15 is 0 Å². The van der Waals surface area contributed by atoms with Crippen molar-refractivity contribution in [1.82, 2.24) is 4.98 Å². The van der Waals surface area contributed by atoms with Crippen LogP contribution in [-0.4, -0.2) is 28.4 Å². The molecule has 3 aromatic rings. The molecule has 4 rings (SSSR count). The number of amides is 2. The first kappa shape index (κ1) is 15.4. The number of aliphatic hydroxyl groups is 1. The third kappa shape index (κ3) is 2.01. The van der Waals surface area contributed by atoms with Gasteiger partial charge >= 0.3 is 0 Å². The molecule has 2 amide bonds. The number of nitrogens with zero attached hydrogens (tertiary/aromatic N) is 1. The number of carbonyl (C=O) groups excluding carboxylic acids is 2. The van der Waals surface area contributed by atoms with Crippen molar-refractivity contribution in [2.75, 3.05) is 11.4 Å². The maximum Gasteiger partial charge on any atom is 0.269 e. The molecule has 1 aliphatic rings. The lowest BCUT2D eigenvalue weighted by Gasteiger charge is -2.23. The van der Waals surface area contributed by atoms with Crippen molar-refractivity contribution in [3.8, 4) is 0 Å². The summed E-state index contributed by atoms with van der Waals surface area (Å²) in [5, 5.41) is 12.3. The molecule has 0 saturated heterocycles. The van der Waals surface area contributed by atoms with E-state index in [-0.39, 0.29) is 6.54 Å². The van der Waals surface area contributed by atoms with Crippen molar-refractivity contribution < 1.29 is 14.7 Å². The lowest BCUT2D eigenvalue weighted by molar-refractivity contribution is -0.133. The minimum absolute atomic E-state index is 0.278. The van der Waals surface area contributed by atoms with Crippen molar-refractivity contribution in [2.24, 2.45) is 5.73 Å². The molecule has 6 nitrogen and oxygen atoms in total. The number of hydrogen-bond acceptors (Lipinski definition) is 3. The number of fused-ring (bicyclic) bond motifs is 2. The van der Waals surface area contributed by atoms with Crippen LogP contribution in [0.4, 0.5) is 5.69 Å². The molecule has 0 bridgehead atoms. The predicted molar refractivity (Wildman–Crippen MR) is 94.0 cm³/mol. The van der Waals surface area contributed by atoms with Crippen LogP contribution in [0.15, 0.2) is 48.5 Å². The highest BCUT2D eigenvalue weighted by atomic mass is 16.3. The van der Waals surface area contributed by atoms with Gasteiger partial charge in [0.2, 0.25) is 5.91 Å². The van der Waals surface area contributed by atoms with Crippen LogP contribution in [0, 0.1) is 6.92 Å². The topological polar surface area (TPSA) is 99.4 Å². The molecule has 126 valence electrons. The molecule has 1 aromatic heterocycles. The fourth-order valence-electron chi connectivity index (χ4n) is 3.73. The fourth-order valence-corrected chi connectivity index (χ4v) is 3.73. The predicted octanol–water partition coefficient (Wildman–Crippen LogP) is 1.54. The molecule has 2 heterocycles. The number of aromatic amines is 1. The van der Waals surface area contributed by atoms with Crippen LogP contribution in [0.2, 0.25) is 0 Å². The monoisotopic (exact) mass is 335 g/mol. The zero-order valence-electron chi connectivity index (χ0n) is 13.6. The molecular formula is C19H17N3O3. The number of aromatic nitrogens is 1. The Hall–Kier alpha value is -3.12. The molecule has 0 fully saturated rings. The van der Waals surface area contributed by atoms with Gasteiger partial charge in [-0.3, -0.25) is 14.5 Å². The fraction of sp³-hybridized carbons (Fsp3) is 0.158. The van der Waals surface area contributed by atoms with E-state index < -0.39 is 17.4 Å². The van der Waals surface area contributed by atoms with E-state index in [0.717, 1.165) is 10.9 Å². The first-order chi connectivity index (χ1) is 11.9. The van der Waals surface area contributed by atoms with Gasteiger partial charge in [-0.15, -0.1) is 0 Å². The standard InChI is InChI=1S/C19H17N3O3/c1-11-17(12-6-2-4-8-14(12)21-11)19(25)13-7-3-5-9-15(13)22(18(19)24)10-16(20)23/h2-9,21,25H,10H2,1H3,(H2,20,23)/t19-/m0/s1. The number of hydrogen-bond donors (Lipinski definition) is 3. The van der Waals surface area contributed by atoms with Gasteiger partial charge in [0, 0.05) is 27.7 Å². The van der Waals surface area contributed by atoms with Gasteiger partial charge in [0.25, 0.3) is 5.91 Å². The van der Waals surface area contributed by atoms with Crippen molar-refractivity contribution in [1.29, 1.82) is 0 Å². The largest absolute Gasteiger partial charge is 0.372 e. The zero-order valence-corrected chi connectivity index (χ0v) is 13.6. The normalized spacial score (nSPS) is 19.4. The summed E-state index contributed by atoms with van der Waals surface area (Å²) in [6, 6.07) is 14.4. The van der Waals surface area contributed by atoms with E-state index in [1.165, 1.54) is 4.90 Å². The average Bonchev–Trinajstić information content (AvgIpc) is 3.03. The van der Waals surface area contributed by atoms with Crippen molar-refractivity contribution >= 4 is 28.4 Å². The van der Waals surface area contributed by atoms with E-state index in [1.807, 2.05) is 31.2 Å². The molecule has 0 unspecified atom stereocenters. The van der Waals surface area contributed by atoms with Gasteiger partial charge < -0.3 is 15.8 Å². The maximum atomic E-state index is 13.2. The molecule has 1 aliphatic heterocycles. The lowest BCUT2D eigenvalue weighted by Crippen LogP contribution is -2.44. The minimum atomic E-state index is -1.87. The number of anilines is 1. The van der Waals surface area contributed by atoms with Crippen LogP contribution in [0.5, 0.6) is 0 Å². The second-order valence-electron chi connectivity index (χ2n) is 6.26.